The molecular formula is C22H26N2O5. The van der Waals surface area contributed by atoms with E-state index in [1.54, 1.807) is 0 Å². The van der Waals surface area contributed by atoms with Crippen LogP contribution in [-0.2, 0) is 30.6 Å². The van der Waals surface area contributed by atoms with Crippen molar-refractivity contribution in [1.82, 2.24) is 9.55 Å². The maximum Gasteiger partial charge on any atom is 0.313 e. The quantitative estimate of drug-likeness (QED) is 0.570. The highest BCUT2D eigenvalue weighted by Gasteiger charge is 2.70. The molecule has 1 unspecified atom stereocenters. The first kappa shape index (κ1) is 17.9. The first-order valence-electron chi connectivity index (χ1n) is 10.7. The maximum absolute atomic E-state index is 13.2. The van der Waals surface area contributed by atoms with Crippen molar-refractivity contribution in [3.05, 3.63) is 30.6 Å². The molecule has 5 aliphatic rings. The molecule has 7 nitrogen and oxygen atoms in total. The van der Waals surface area contributed by atoms with Gasteiger partial charge in [-0.25, -0.2) is 14.8 Å². The number of aromatic nitrogens is 2. The van der Waals surface area contributed by atoms with Crippen molar-refractivity contribution in [3.63, 3.8) is 0 Å². The third kappa shape index (κ3) is 2.41. The zero-order chi connectivity index (χ0) is 19.8. The van der Waals surface area contributed by atoms with Gasteiger partial charge in [0, 0.05) is 24.8 Å². The van der Waals surface area contributed by atoms with Crippen LogP contribution in [0.25, 0.3) is 11.0 Å². The van der Waals surface area contributed by atoms with Gasteiger partial charge in [-0.1, -0.05) is 19.1 Å². The predicted molar refractivity (Wildman–Crippen MR) is 102 cm³/mol. The van der Waals surface area contributed by atoms with Gasteiger partial charge in [-0.3, -0.25) is 4.79 Å². The molecule has 1 aliphatic carbocycles. The van der Waals surface area contributed by atoms with Gasteiger partial charge >= 0.3 is 5.97 Å². The van der Waals surface area contributed by atoms with Crippen molar-refractivity contribution >= 4 is 17.0 Å². The normalized spacial score (nSPS) is 43.7. The summed E-state index contributed by atoms with van der Waals surface area (Å²) in [5.41, 5.74) is 1.21. The van der Waals surface area contributed by atoms with Gasteiger partial charge in [0.05, 0.1) is 23.3 Å². The van der Waals surface area contributed by atoms with E-state index in [1.807, 2.05) is 37.5 Å². The largest absolute Gasteiger partial charge is 0.432 e. The molecule has 7 atom stereocenters. The summed E-state index contributed by atoms with van der Waals surface area (Å²) < 4.78 is 14.2. The number of ether oxygens (including phenoxy) is 2. The highest BCUT2D eigenvalue weighted by molar-refractivity contribution is 5.77. The van der Waals surface area contributed by atoms with Crippen molar-refractivity contribution in [2.24, 2.45) is 23.7 Å². The lowest BCUT2D eigenvalue weighted by Gasteiger charge is -2.58. The molecule has 1 aromatic heterocycles. The SMILES string of the molecule is C[C@@H]1CC[C@H]2[C@H](Cn3cnc4ccccc43)C(=O)O[C@@H]3O[C@]4(C)CCC1[C@]32OO4. The van der Waals surface area contributed by atoms with Crippen LogP contribution in [0.5, 0.6) is 0 Å². The van der Waals surface area contributed by atoms with E-state index in [-0.39, 0.29) is 23.7 Å². The minimum atomic E-state index is -0.856. The van der Waals surface area contributed by atoms with Crippen molar-refractivity contribution in [1.29, 1.82) is 0 Å². The van der Waals surface area contributed by atoms with Gasteiger partial charge in [0.25, 0.3) is 0 Å². The molecule has 7 heteroatoms. The monoisotopic (exact) mass is 398 g/mol. The Hall–Kier alpha value is -1.96. The third-order valence-electron chi connectivity index (χ3n) is 7.71. The number of hydrogen-bond donors (Lipinski definition) is 0. The fourth-order valence-electron chi connectivity index (χ4n) is 6.19. The summed E-state index contributed by atoms with van der Waals surface area (Å²) >= 11 is 0. The molecule has 4 aliphatic heterocycles. The molecule has 0 amide bonds. The molecule has 0 radical (unpaired) electrons. The Morgan fingerprint density at radius 1 is 1.17 bits per heavy atom. The molecular weight excluding hydrogens is 372 g/mol. The summed E-state index contributed by atoms with van der Waals surface area (Å²) in [5.74, 6) is -0.701. The fraction of sp³-hybridized carbons (Fsp3) is 0.636. The van der Waals surface area contributed by atoms with E-state index in [0.29, 0.717) is 12.5 Å². The maximum atomic E-state index is 13.2. The molecule has 1 aromatic carbocycles. The molecule has 5 heterocycles. The number of esters is 1. The molecule has 0 N–H and O–H groups in total. The molecule has 4 saturated heterocycles. The minimum absolute atomic E-state index is 0.0150. The van der Waals surface area contributed by atoms with E-state index < -0.39 is 17.7 Å². The third-order valence-corrected chi connectivity index (χ3v) is 7.71. The number of nitrogens with zero attached hydrogens (tertiary/aromatic N) is 2. The highest BCUT2D eigenvalue weighted by atomic mass is 17.3. The van der Waals surface area contributed by atoms with Crippen LogP contribution in [0.2, 0.25) is 0 Å². The van der Waals surface area contributed by atoms with Gasteiger partial charge in [0.15, 0.2) is 5.60 Å². The Labute approximate surface area is 169 Å². The lowest BCUT2D eigenvalue weighted by Crippen LogP contribution is -2.70. The van der Waals surface area contributed by atoms with E-state index in [1.165, 1.54) is 0 Å². The predicted octanol–water partition coefficient (Wildman–Crippen LogP) is 3.42. The number of rotatable bonds is 2. The molecule has 154 valence electrons. The summed E-state index contributed by atoms with van der Waals surface area (Å²) in [6.45, 7) is 4.65. The lowest BCUT2D eigenvalue weighted by molar-refractivity contribution is -0.559. The van der Waals surface area contributed by atoms with E-state index >= 15 is 0 Å². The van der Waals surface area contributed by atoms with E-state index in [9.17, 15) is 4.79 Å². The molecule has 1 spiro atoms. The molecule has 7 rings (SSSR count). The second-order valence-electron chi connectivity index (χ2n) is 9.34. The van der Waals surface area contributed by atoms with Crippen LogP contribution in [0.1, 0.15) is 39.5 Å². The molecule has 2 bridgehead atoms. The van der Waals surface area contributed by atoms with Gasteiger partial charge in [0.2, 0.25) is 12.1 Å². The number of hydrogen-bond acceptors (Lipinski definition) is 6. The summed E-state index contributed by atoms with van der Waals surface area (Å²) in [6.07, 6.45) is 4.75. The fourth-order valence-corrected chi connectivity index (χ4v) is 6.19. The van der Waals surface area contributed by atoms with Crippen LogP contribution < -0.4 is 0 Å². The number of para-hydroxylation sites is 2. The molecule has 5 fully saturated rings. The summed E-state index contributed by atoms with van der Waals surface area (Å²) in [6, 6.07) is 7.98. The van der Waals surface area contributed by atoms with Gasteiger partial charge in [0.1, 0.15) is 0 Å². The van der Waals surface area contributed by atoms with Crippen LogP contribution >= 0.6 is 0 Å². The second-order valence-corrected chi connectivity index (χ2v) is 9.34. The summed E-state index contributed by atoms with van der Waals surface area (Å²) in [4.78, 5) is 29.6. The minimum Gasteiger partial charge on any atom is -0.432 e. The first-order valence-corrected chi connectivity index (χ1v) is 10.7. The van der Waals surface area contributed by atoms with Crippen LogP contribution in [0.15, 0.2) is 30.6 Å². The number of benzene rings is 1. The van der Waals surface area contributed by atoms with Crippen molar-refractivity contribution in [2.75, 3.05) is 0 Å². The van der Waals surface area contributed by atoms with E-state index in [2.05, 4.69) is 16.5 Å². The summed E-state index contributed by atoms with van der Waals surface area (Å²) in [7, 11) is 0. The smallest absolute Gasteiger partial charge is 0.313 e. The van der Waals surface area contributed by atoms with Gasteiger partial charge in [-0.2, -0.15) is 0 Å². The number of carbonyl (C=O) groups excluding carboxylic acids is 1. The van der Waals surface area contributed by atoms with Crippen LogP contribution in [-0.4, -0.2) is 33.2 Å². The van der Waals surface area contributed by atoms with E-state index in [0.717, 1.165) is 36.7 Å². The van der Waals surface area contributed by atoms with Crippen LogP contribution in [0.3, 0.4) is 0 Å². The zero-order valence-electron chi connectivity index (χ0n) is 16.7. The van der Waals surface area contributed by atoms with Gasteiger partial charge in [-0.15, -0.1) is 0 Å². The Bertz CT molecular complexity index is 975. The topological polar surface area (TPSA) is 71.8 Å². The van der Waals surface area contributed by atoms with Crippen LogP contribution in [0.4, 0.5) is 0 Å². The average molecular weight is 398 g/mol. The Balaban J connectivity index is 1.41. The molecule has 2 aromatic rings. The lowest BCUT2D eigenvalue weighted by atomic mass is 9.58. The average Bonchev–Trinajstić information content (AvgIpc) is 2.98. The Morgan fingerprint density at radius 3 is 2.93 bits per heavy atom. The van der Waals surface area contributed by atoms with Gasteiger partial charge < -0.3 is 14.0 Å². The molecule has 1 saturated carbocycles. The zero-order valence-corrected chi connectivity index (χ0v) is 16.7. The first-order chi connectivity index (χ1) is 14.0. The highest BCUT2D eigenvalue weighted by Crippen LogP contribution is 2.60. The number of carbonyl (C=O) groups is 1. The van der Waals surface area contributed by atoms with Crippen LogP contribution in [0, 0.1) is 23.7 Å². The van der Waals surface area contributed by atoms with Crippen molar-refractivity contribution in [3.8, 4) is 0 Å². The van der Waals surface area contributed by atoms with Crippen molar-refractivity contribution in [2.45, 2.75) is 63.8 Å². The van der Waals surface area contributed by atoms with Crippen molar-refractivity contribution < 1.29 is 24.0 Å². The Kier molecular flexibility index (Phi) is 3.71. The molecule has 29 heavy (non-hydrogen) atoms. The Morgan fingerprint density at radius 2 is 2.03 bits per heavy atom. The summed E-state index contributed by atoms with van der Waals surface area (Å²) in [5, 5.41) is 0. The number of imidazole rings is 1. The standard InChI is InChI=1S/C22H26N2O5/c1-13-7-8-16-14(11-24-12-23-17-5-3-4-6-18(17)24)19(25)26-20-22(16)15(13)9-10-21(2,27-20)28-29-22/h3-6,12-16,20H,7-11H2,1-2H3/t13-,14+,15?,16+,20-,21+,22-/m1/s1. The van der Waals surface area contributed by atoms with E-state index in [4.69, 9.17) is 19.2 Å². The van der Waals surface area contributed by atoms with Gasteiger partial charge in [-0.05, 0) is 44.2 Å². The number of fused-ring (bicyclic) bond motifs is 3. The second kappa shape index (κ2) is 6.03.